The van der Waals surface area contributed by atoms with Gasteiger partial charge in [0.2, 0.25) is 0 Å². The van der Waals surface area contributed by atoms with Crippen LogP contribution in [-0.4, -0.2) is 19.6 Å². The zero-order chi connectivity index (χ0) is 11.5. The van der Waals surface area contributed by atoms with Crippen LogP contribution in [0.25, 0.3) is 0 Å². The first-order valence-electron chi connectivity index (χ1n) is 7.47. The lowest BCUT2D eigenvalue weighted by atomic mass is 9.76. The zero-order valence-corrected chi connectivity index (χ0v) is 11.5. The minimum atomic E-state index is 0.974. The summed E-state index contributed by atoms with van der Waals surface area (Å²) in [7, 11) is 0. The van der Waals surface area contributed by atoms with Crippen molar-refractivity contribution < 1.29 is 4.90 Å². The third-order valence-electron chi connectivity index (χ3n) is 4.72. The van der Waals surface area contributed by atoms with Crippen molar-refractivity contribution in [3.05, 3.63) is 0 Å². The number of nitrogens with one attached hydrogen (secondary N) is 1. The molecule has 1 heteroatoms. The van der Waals surface area contributed by atoms with E-state index in [0.717, 1.165) is 23.7 Å². The molecule has 1 N–H and O–H groups in total. The molecule has 1 saturated carbocycles. The molecule has 1 heterocycles. The van der Waals surface area contributed by atoms with Crippen LogP contribution in [0.4, 0.5) is 0 Å². The predicted octanol–water partition coefficient (Wildman–Crippen LogP) is 2.37. The minimum absolute atomic E-state index is 0.974. The van der Waals surface area contributed by atoms with E-state index in [0.29, 0.717) is 0 Å². The average molecular weight is 224 g/mol. The maximum atomic E-state index is 2.46. The standard InChI is InChI=1S/C15H29N/c1-12-5-4-6-16(10-12)11-15-8-13(2)7-14(3)9-15/h12-15H,4-11H2,1-3H3/p+1. The van der Waals surface area contributed by atoms with E-state index in [4.69, 9.17) is 0 Å². The van der Waals surface area contributed by atoms with Crippen molar-refractivity contribution in [1.29, 1.82) is 0 Å². The van der Waals surface area contributed by atoms with Gasteiger partial charge in [-0.05, 0) is 43.9 Å². The van der Waals surface area contributed by atoms with Crippen LogP contribution in [0.3, 0.4) is 0 Å². The highest BCUT2D eigenvalue weighted by Crippen LogP contribution is 2.32. The van der Waals surface area contributed by atoms with Crippen molar-refractivity contribution in [2.24, 2.45) is 23.7 Å². The second kappa shape index (κ2) is 5.53. The quantitative estimate of drug-likeness (QED) is 0.734. The Hall–Kier alpha value is -0.0400. The molecule has 2 rings (SSSR count). The number of quaternary nitrogens is 1. The molecule has 94 valence electrons. The fourth-order valence-corrected chi connectivity index (χ4v) is 4.27. The van der Waals surface area contributed by atoms with Crippen LogP contribution in [0, 0.1) is 23.7 Å². The highest BCUT2D eigenvalue weighted by Gasteiger charge is 2.28. The Kier molecular flexibility index (Phi) is 4.29. The Morgan fingerprint density at radius 1 is 0.938 bits per heavy atom. The van der Waals surface area contributed by atoms with Crippen LogP contribution >= 0.6 is 0 Å². The Labute approximate surface area is 102 Å². The van der Waals surface area contributed by atoms with E-state index in [2.05, 4.69) is 20.8 Å². The van der Waals surface area contributed by atoms with Gasteiger partial charge in [-0.2, -0.15) is 0 Å². The average Bonchev–Trinajstić information content (AvgIpc) is 2.15. The molecule has 0 radical (unpaired) electrons. The van der Waals surface area contributed by atoms with Crippen LogP contribution in [0.5, 0.6) is 0 Å². The van der Waals surface area contributed by atoms with Crippen molar-refractivity contribution in [1.82, 2.24) is 0 Å². The molecule has 2 fully saturated rings. The van der Waals surface area contributed by atoms with E-state index in [1.165, 1.54) is 51.7 Å². The summed E-state index contributed by atoms with van der Waals surface area (Å²) < 4.78 is 0. The van der Waals surface area contributed by atoms with E-state index in [-0.39, 0.29) is 0 Å². The van der Waals surface area contributed by atoms with Gasteiger partial charge in [-0.1, -0.05) is 20.8 Å². The Morgan fingerprint density at radius 3 is 2.25 bits per heavy atom. The van der Waals surface area contributed by atoms with E-state index < -0.39 is 0 Å². The lowest BCUT2D eigenvalue weighted by molar-refractivity contribution is -0.912. The molecule has 0 spiro atoms. The summed E-state index contributed by atoms with van der Waals surface area (Å²) >= 11 is 0. The molecule has 1 nitrogen and oxygen atoms in total. The van der Waals surface area contributed by atoms with Gasteiger partial charge in [-0.15, -0.1) is 0 Å². The maximum absolute atomic E-state index is 2.46. The van der Waals surface area contributed by atoms with Gasteiger partial charge < -0.3 is 4.90 Å². The Bertz CT molecular complexity index is 203. The summed E-state index contributed by atoms with van der Waals surface area (Å²) in [5, 5.41) is 0. The van der Waals surface area contributed by atoms with Gasteiger partial charge in [0.15, 0.2) is 0 Å². The van der Waals surface area contributed by atoms with Gasteiger partial charge in [0.1, 0.15) is 0 Å². The van der Waals surface area contributed by atoms with Gasteiger partial charge >= 0.3 is 0 Å². The molecule has 2 aliphatic rings. The summed E-state index contributed by atoms with van der Waals surface area (Å²) in [6.07, 6.45) is 7.42. The van der Waals surface area contributed by atoms with Crippen molar-refractivity contribution in [2.75, 3.05) is 19.6 Å². The first-order valence-corrected chi connectivity index (χ1v) is 7.47. The Balaban J connectivity index is 1.79. The monoisotopic (exact) mass is 224 g/mol. The van der Waals surface area contributed by atoms with Crippen LogP contribution in [0.1, 0.15) is 52.9 Å². The third kappa shape index (κ3) is 3.48. The molecular formula is C15H30N+. The SMILES string of the molecule is CC1CC(C)CC(C[NH+]2CCCC(C)C2)C1. The summed E-state index contributed by atoms with van der Waals surface area (Å²) in [5.41, 5.74) is 0. The topological polar surface area (TPSA) is 4.44 Å². The lowest BCUT2D eigenvalue weighted by Crippen LogP contribution is -3.14. The van der Waals surface area contributed by atoms with Crippen LogP contribution in [0.2, 0.25) is 0 Å². The number of hydrogen-bond acceptors (Lipinski definition) is 0. The number of rotatable bonds is 2. The molecular weight excluding hydrogens is 194 g/mol. The van der Waals surface area contributed by atoms with Crippen LogP contribution in [-0.2, 0) is 0 Å². The predicted molar refractivity (Wildman–Crippen MR) is 69.6 cm³/mol. The second-order valence-electron chi connectivity index (χ2n) is 6.94. The lowest BCUT2D eigenvalue weighted by Gasteiger charge is -2.35. The first-order chi connectivity index (χ1) is 7.63. The fourth-order valence-electron chi connectivity index (χ4n) is 4.27. The van der Waals surface area contributed by atoms with Gasteiger partial charge in [-0.25, -0.2) is 0 Å². The maximum Gasteiger partial charge on any atom is 0.0799 e. The Morgan fingerprint density at radius 2 is 1.62 bits per heavy atom. The zero-order valence-electron chi connectivity index (χ0n) is 11.5. The normalized spacial score (nSPS) is 45.6. The van der Waals surface area contributed by atoms with E-state index in [9.17, 15) is 0 Å². The minimum Gasteiger partial charge on any atom is -0.334 e. The molecule has 4 atom stereocenters. The molecule has 0 aromatic rings. The van der Waals surface area contributed by atoms with E-state index in [1.807, 2.05) is 4.90 Å². The second-order valence-corrected chi connectivity index (χ2v) is 6.94. The van der Waals surface area contributed by atoms with Crippen molar-refractivity contribution in [2.45, 2.75) is 52.9 Å². The van der Waals surface area contributed by atoms with Gasteiger partial charge in [-0.3, -0.25) is 0 Å². The van der Waals surface area contributed by atoms with Crippen LogP contribution < -0.4 is 4.90 Å². The molecule has 0 bridgehead atoms. The molecule has 16 heavy (non-hydrogen) atoms. The summed E-state index contributed by atoms with van der Waals surface area (Å²) in [6.45, 7) is 11.7. The van der Waals surface area contributed by atoms with Crippen molar-refractivity contribution in [3.63, 3.8) is 0 Å². The van der Waals surface area contributed by atoms with Crippen molar-refractivity contribution >= 4 is 0 Å². The van der Waals surface area contributed by atoms with Gasteiger partial charge in [0, 0.05) is 11.8 Å². The number of hydrogen-bond donors (Lipinski definition) is 1. The van der Waals surface area contributed by atoms with E-state index >= 15 is 0 Å². The summed E-state index contributed by atoms with van der Waals surface area (Å²) in [4.78, 5) is 1.91. The molecule has 0 aromatic heterocycles. The van der Waals surface area contributed by atoms with Gasteiger partial charge in [0.25, 0.3) is 0 Å². The smallest absolute Gasteiger partial charge is 0.0799 e. The van der Waals surface area contributed by atoms with Gasteiger partial charge in [0.05, 0.1) is 19.6 Å². The third-order valence-corrected chi connectivity index (χ3v) is 4.72. The molecule has 1 aliphatic heterocycles. The number of piperidine rings is 1. The van der Waals surface area contributed by atoms with Crippen LogP contribution in [0.15, 0.2) is 0 Å². The molecule has 4 unspecified atom stereocenters. The highest BCUT2D eigenvalue weighted by atomic mass is 15.1. The first kappa shape index (κ1) is 12.4. The largest absolute Gasteiger partial charge is 0.334 e. The van der Waals surface area contributed by atoms with E-state index in [1.54, 1.807) is 0 Å². The highest BCUT2D eigenvalue weighted by molar-refractivity contribution is 4.74. The number of likely N-dealkylation sites (tertiary alicyclic amines) is 1. The molecule has 1 saturated heterocycles. The fraction of sp³-hybridized carbons (Fsp3) is 1.00. The summed E-state index contributed by atoms with van der Waals surface area (Å²) in [6, 6.07) is 0. The van der Waals surface area contributed by atoms with Crippen molar-refractivity contribution in [3.8, 4) is 0 Å². The summed E-state index contributed by atoms with van der Waals surface area (Å²) in [5.74, 6) is 3.96. The molecule has 0 aromatic carbocycles. The molecule has 1 aliphatic carbocycles. The molecule has 0 amide bonds.